The number of hydrogen-bond acceptors (Lipinski definition) is 5. The monoisotopic (exact) mass is 315 g/mol. The van der Waals surface area contributed by atoms with Gasteiger partial charge in [0.1, 0.15) is 5.69 Å². The van der Waals surface area contributed by atoms with Crippen molar-refractivity contribution >= 4 is 21.4 Å². The molecule has 21 heavy (non-hydrogen) atoms. The van der Waals surface area contributed by atoms with Gasteiger partial charge in [-0.2, -0.15) is 0 Å². The fourth-order valence-electron chi connectivity index (χ4n) is 1.71. The summed E-state index contributed by atoms with van der Waals surface area (Å²) in [4.78, 5) is 10.5. The second-order valence-corrected chi connectivity index (χ2v) is 6.38. The molecule has 0 spiro atoms. The third kappa shape index (κ3) is 4.98. The van der Waals surface area contributed by atoms with E-state index in [0.29, 0.717) is 13.1 Å². The van der Waals surface area contributed by atoms with Gasteiger partial charge in [0.05, 0.1) is 9.82 Å². The van der Waals surface area contributed by atoms with Crippen molar-refractivity contribution in [2.24, 2.45) is 0 Å². The smallest absolute Gasteiger partial charge is 0.292 e. The van der Waals surface area contributed by atoms with E-state index in [-0.39, 0.29) is 16.3 Å². The number of nitro benzene ring substituents is 1. The van der Waals surface area contributed by atoms with Gasteiger partial charge < -0.3 is 5.32 Å². The van der Waals surface area contributed by atoms with Crippen LogP contribution in [0, 0.1) is 10.1 Å². The van der Waals surface area contributed by atoms with Crippen LogP contribution in [0.1, 0.15) is 33.1 Å². The highest BCUT2D eigenvalue weighted by Gasteiger charge is 2.19. The van der Waals surface area contributed by atoms with Crippen molar-refractivity contribution in [3.63, 3.8) is 0 Å². The van der Waals surface area contributed by atoms with Crippen molar-refractivity contribution in [1.29, 1.82) is 0 Å². The molecular weight excluding hydrogens is 294 g/mol. The van der Waals surface area contributed by atoms with Gasteiger partial charge >= 0.3 is 0 Å². The molecule has 1 rings (SSSR count). The highest BCUT2D eigenvalue weighted by Crippen LogP contribution is 2.27. The van der Waals surface area contributed by atoms with Crippen molar-refractivity contribution in [3.05, 3.63) is 28.3 Å². The molecule has 0 unspecified atom stereocenters. The molecule has 0 aliphatic carbocycles. The van der Waals surface area contributed by atoms with Gasteiger partial charge in [-0.15, -0.1) is 0 Å². The van der Waals surface area contributed by atoms with Crippen LogP contribution in [-0.4, -0.2) is 26.4 Å². The van der Waals surface area contributed by atoms with Gasteiger partial charge in [0, 0.05) is 19.2 Å². The minimum Gasteiger partial charge on any atom is -0.379 e. The Morgan fingerprint density at radius 3 is 2.48 bits per heavy atom. The normalized spacial score (nSPS) is 11.3. The van der Waals surface area contributed by atoms with Crippen molar-refractivity contribution in [3.8, 4) is 0 Å². The molecule has 0 atom stereocenters. The van der Waals surface area contributed by atoms with Gasteiger partial charge in [-0.1, -0.05) is 20.3 Å². The summed E-state index contributed by atoms with van der Waals surface area (Å²) in [6.45, 7) is 4.78. The van der Waals surface area contributed by atoms with E-state index in [0.717, 1.165) is 19.3 Å². The molecule has 0 heterocycles. The Bertz CT molecular complexity index is 587. The second-order valence-electron chi connectivity index (χ2n) is 4.61. The van der Waals surface area contributed by atoms with E-state index in [1.807, 2.05) is 13.8 Å². The highest BCUT2D eigenvalue weighted by atomic mass is 32.2. The van der Waals surface area contributed by atoms with Gasteiger partial charge in [-0.05, 0) is 25.0 Å². The summed E-state index contributed by atoms with van der Waals surface area (Å²) in [5.41, 5.74) is 0.0937. The maximum atomic E-state index is 12.1. The molecule has 0 aliphatic heterocycles. The van der Waals surface area contributed by atoms with Crippen LogP contribution in [0.4, 0.5) is 11.4 Å². The fourth-order valence-corrected chi connectivity index (χ4v) is 2.81. The maximum absolute atomic E-state index is 12.1. The molecule has 0 fully saturated rings. The standard InChI is InChI=1S/C13H21N3O4S/c1-3-5-9-15-21(19,20)11-6-7-13(16(17)18)12(10-11)14-8-4-2/h6-7,10,14-15H,3-5,8-9H2,1-2H3. The molecule has 118 valence electrons. The molecular formula is C13H21N3O4S. The number of sulfonamides is 1. The Hall–Kier alpha value is -1.67. The summed E-state index contributed by atoms with van der Waals surface area (Å²) in [6.07, 6.45) is 2.40. The number of hydrogen-bond donors (Lipinski definition) is 2. The summed E-state index contributed by atoms with van der Waals surface area (Å²) in [6, 6.07) is 3.78. The zero-order valence-corrected chi connectivity index (χ0v) is 13.1. The van der Waals surface area contributed by atoms with E-state index < -0.39 is 14.9 Å². The molecule has 0 saturated carbocycles. The zero-order valence-electron chi connectivity index (χ0n) is 12.3. The average Bonchev–Trinajstić information content (AvgIpc) is 2.44. The van der Waals surface area contributed by atoms with Crippen LogP contribution in [0.3, 0.4) is 0 Å². The first-order valence-electron chi connectivity index (χ1n) is 6.94. The summed E-state index contributed by atoms with van der Waals surface area (Å²) in [5.74, 6) is 0. The molecule has 1 aromatic rings. The number of benzene rings is 1. The summed E-state index contributed by atoms with van der Waals surface area (Å²) in [5, 5.41) is 13.8. The number of rotatable bonds is 9. The third-order valence-corrected chi connectivity index (χ3v) is 4.32. The number of anilines is 1. The quantitative estimate of drug-likeness (QED) is 0.414. The topological polar surface area (TPSA) is 101 Å². The molecule has 0 saturated heterocycles. The Morgan fingerprint density at radius 1 is 1.19 bits per heavy atom. The van der Waals surface area contributed by atoms with E-state index in [4.69, 9.17) is 0 Å². The minimum absolute atomic E-state index is 0.0304. The number of nitro groups is 1. The summed E-state index contributed by atoms with van der Waals surface area (Å²) in [7, 11) is -3.64. The van der Waals surface area contributed by atoms with Crippen molar-refractivity contribution in [1.82, 2.24) is 4.72 Å². The van der Waals surface area contributed by atoms with Crippen molar-refractivity contribution < 1.29 is 13.3 Å². The maximum Gasteiger partial charge on any atom is 0.292 e. The van der Waals surface area contributed by atoms with Crippen LogP contribution >= 0.6 is 0 Å². The molecule has 0 aromatic heterocycles. The first kappa shape index (κ1) is 17.4. The van der Waals surface area contributed by atoms with Gasteiger partial charge in [0.25, 0.3) is 5.69 Å². The van der Waals surface area contributed by atoms with Gasteiger partial charge in [-0.3, -0.25) is 10.1 Å². The van der Waals surface area contributed by atoms with Crippen LogP contribution < -0.4 is 10.0 Å². The predicted octanol–water partition coefficient (Wildman–Crippen LogP) is 2.50. The van der Waals surface area contributed by atoms with Gasteiger partial charge in [0.2, 0.25) is 10.0 Å². The minimum atomic E-state index is -3.64. The third-order valence-electron chi connectivity index (χ3n) is 2.86. The number of nitrogens with zero attached hydrogens (tertiary/aromatic N) is 1. The van der Waals surface area contributed by atoms with Gasteiger partial charge in [-0.25, -0.2) is 13.1 Å². The Labute approximate surface area is 124 Å². The van der Waals surface area contributed by atoms with Gasteiger partial charge in [0.15, 0.2) is 0 Å². The second kappa shape index (κ2) is 7.94. The van der Waals surface area contributed by atoms with E-state index in [2.05, 4.69) is 10.0 Å². The molecule has 1 aromatic carbocycles. The average molecular weight is 315 g/mol. The largest absolute Gasteiger partial charge is 0.379 e. The molecule has 0 bridgehead atoms. The van der Waals surface area contributed by atoms with Crippen molar-refractivity contribution in [2.75, 3.05) is 18.4 Å². The highest BCUT2D eigenvalue weighted by molar-refractivity contribution is 7.89. The fraction of sp³-hybridized carbons (Fsp3) is 0.538. The first-order valence-corrected chi connectivity index (χ1v) is 8.42. The van der Waals surface area contributed by atoms with Crippen LogP contribution in [0.15, 0.2) is 23.1 Å². The van der Waals surface area contributed by atoms with E-state index in [9.17, 15) is 18.5 Å². The SMILES string of the molecule is CCCCNS(=O)(=O)c1ccc([N+](=O)[O-])c(NCCC)c1. The number of nitrogens with one attached hydrogen (secondary N) is 2. The lowest BCUT2D eigenvalue weighted by atomic mass is 10.2. The Morgan fingerprint density at radius 2 is 1.90 bits per heavy atom. The van der Waals surface area contributed by atoms with E-state index >= 15 is 0 Å². The van der Waals surface area contributed by atoms with Crippen LogP contribution in [0.2, 0.25) is 0 Å². The van der Waals surface area contributed by atoms with E-state index in [1.54, 1.807) is 0 Å². The molecule has 0 amide bonds. The Balaban J connectivity index is 3.06. The van der Waals surface area contributed by atoms with Crippen LogP contribution in [0.5, 0.6) is 0 Å². The van der Waals surface area contributed by atoms with Crippen LogP contribution in [-0.2, 0) is 10.0 Å². The lowest BCUT2D eigenvalue weighted by Gasteiger charge is -2.10. The lowest BCUT2D eigenvalue weighted by Crippen LogP contribution is -2.24. The zero-order chi connectivity index (χ0) is 15.9. The predicted molar refractivity (Wildman–Crippen MR) is 82.0 cm³/mol. The molecule has 8 heteroatoms. The summed E-state index contributed by atoms with van der Waals surface area (Å²) >= 11 is 0. The van der Waals surface area contributed by atoms with E-state index in [1.165, 1.54) is 18.2 Å². The molecule has 0 radical (unpaired) electrons. The first-order chi connectivity index (χ1) is 9.92. The number of unbranched alkanes of at least 4 members (excludes halogenated alkanes) is 1. The lowest BCUT2D eigenvalue weighted by molar-refractivity contribution is -0.384. The molecule has 0 aliphatic rings. The van der Waals surface area contributed by atoms with Crippen LogP contribution in [0.25, 0.3) is 0 Å². The Kier molecular flexibility index (Phi) is 6.57. The summed E-state index contributed by atoms with van der Waals surface area (Å²) < 4.78 is 26.7. The molecule has 2 N–H and O–H groups in total. The molecule has 7 nitrogen and oxygen atoms in total. The van der Waals surface area contributed by atoms with Crippen molar-refractivity contribution in [2.45, 2.75) is 38.0 Å².